The number of aryl methyl sites for hydroxylation is 1. The molecule has 2 unspecified atom stereocenters. The summed E-state index contributed by atoms with van der Waals surface area (Å²) in [5, 5.41) is 6.49. The summed E-state index contributed by atoms with van der Waals surface area (Å²) in [6.45, 7) is 10.4. The minimum Gasteiger partial charge on any atom is -0.349 e. The maximum atomic E-state index is 12.4. The van der Waals surface area contributed by atoms with Gasteiger partial charge in [-0.05, 0) is 43.0 Å². The van der Waals surface area contributed by atoms with E-state index in [0.717, 1.165) is 13.1 Å². The van der Waals surface area contributed by atoms with Crippen LogP contribution in [0.2, 0.25) is 0 Å². The molecule has 1 aromatic rings. The molecule has 1 fully saturated rings. The first-order valence-electron chi connectivity index (χ1n) is 7.57. The molecule has 0 aliphatic carbocycles. The Hall–Kier alpha value is -1.06. The molecule has 2 rings (SSSR count). The van der Waals surface area contributed by atoms with Crippen LogP contribution in [0.15, 0.2) is 24.3 Å². The number of nitrogens with one attached hydrogen (secondary N) is 2. The van der Waals surface area contributed by atoms with Crippen molar-refractivity contribution in [1.82, 2.24) is 10.6 Å². The second-order valence-electron chi connectivity index (χ2n) is 6.29. The van der Waals surface area contributed by atoms with Gasteiger partial charge in [0.1, 0.15) is 0 Å². The van der Waals surface area contributed by atoms with Crippen LogP contribution in [0.5, 0.6) is 0 Å². The first kappa shape index (κ1) is 18.0. The molecule has 1 amide bonds. The third kappa shape index (κ3) is 4.21. The molecule has 1 aromatic carbocycles. The van der Waals surface area contributed by atoms with Crippen molar-refractivity contribution in [2.75, 3.05) is 13.1 Å². The van der Waals surface area contributed by atoms with Gasteiger partial charge in [0, 0.05) is 5.92 Å². The lowest BCUT2D eigenvalue weighted by molar-refractivity contribution is -0.127. The molecule has 0 spiro atoms. The van der Waals surface area contributed by atoms with Gasteiger partial charge in [-0.15, -0.1) is 12.4 Å². The minimum absolute atomic E-state index is 0. The third-order valence-electron chi connectivity index (χ3n) is 4.42. The minimum atomic E-state index is 0. The van der Waals surface area contributed by atoms with Gasteiger partial charge in [-0.2, -0.15) is 0 Å². The average Bonchev–Trinajstić information content (AvgIpc) is 2.34. The number of carbonyl (C=O) groups excluding carboxylic acids is 1. The highest BCUT2D eigenvalue weighted by Crippen LogP contribution is 2.26. The van der Waals surface area contributed by atoms with Crippen molar-refractivity contribution in [1.29, 1.82) is 0 Å². The van der Waals surface area contributed by atoms with Crippen molar-refractivity contribution in [2.45, 2.75) is 33.7 Å². The molecule has 1 saturated heterocycles. The van der Waals surface area contributed by atoms with Gasteiger partial charge >= 0.3 is 0 Å². The fraction of sp³-hybridized carbons (Fsp3) is 0.588. The fourth-order valence-corrected chi connectivity index (χ4v) is 2.70. The Morgan fingerprint density at radius 2 is 1.86 bits per heavy atom. The summed E-state index contributed by atoms with van der Waals surface area (Å²) < 4.78 is 0. The topological polar surface area (TPSA) is 41.1 Å². The van der Waals surface area contributed by atoms with E-state index in [9.17, 15) is 4.79 Å². The number of halogens is 1. The summed E-state index contributed by atoms with van der Waals surface area (Å²) in [7, 11) is 0. The Kier molecular flexibility index (Phi) is 6.69. The highest BCUT2D eigenvalue weighted by molar-refractivity contribution is 5.85. The Balaban J connectivity index is 0.00000220. The lowest BCUT2D eigenvalue weighted by Crippen LogP contribution is -2.50. The Labute approximate surface area is 134 Å². The zero-order valence-corrected chi connectivity index (χ0v) is 14.2. The van der Waals surface area contributed by atoms with E-state index >= 15 is 0 Å². The van der Waals surface area contributed by atoms with Crippen LogP contribution >= 0.6 is 12.4 Å². The SMILES string of the molecule is Cc1ccccc1C(NC(=O)C(C)C1CNC1)C(C)C.Cl. The smallest absolute Gasteiger partial charge is 0.223 e. The normalized spacial score (nSPS) is 17.6. The van der Waals surface area contributed by atoms with Crippen molar-refractivity contribution in [3.63, 3.8) is 0 Å². The average molecular weight is 311 g/mol. The summed E-state index contributed by atoms with van der Waals surface area (Å²) in [5.74, 6) is 1.13. The maximum absolute atomic E-state index is 12.4. The van der Waals surface area contributed by atoms with Gasteiger partial charge in [0.15, 0.2) is 0 Å². The first-order valence-corrected chi connectivity index (χ1v) is 7.57. The molecule has 0 aromatic heterocycles. The Bertz CT molecular complexity index is 472. The molecule has 1 aliphatic rings. The monoisotopic (exact) mass is 310 g/mol. The molecule has 1 aliphatic heterocycles. The predicted molar refractivity (Wildman–Crippen MR) is 89.7 cm³/mol. The molecular formula is C17H27ClN2O. The van der Waals surface area contributed by atoms with Gasteiger partial charge in [-0.1, -0.05) is 45.0 Å². The van der Waals surface area contributed by atoms with Gasteiger partial charge in [-0.3, -0.25) is 4.79 Å². The van der Waals surface area contributed by atoms with Crippen molar-refractivity contribution >= 4 is 18.3 Å². The molecular weight excluding hydrogens is 284 g/mol. The predicted octanol–water partition coefficient (Wildman–Crippen LogP) is 3.09. The van der Waals surface area contributed by atoms with Crippen molar-refractivity contribution in [2.24, 2.45) is 17.8 Å². The van der Waals surface area contributed by atoms with E-state index in [0.29, 0.717) is 11.8 Å². The number of rotatable bonds is 5. The summed E-state index contributed by atoms with van der Waals surface area (Å²) in [5.41, 5.74) is 2.47. The summed E-state index contributed by atoms with van der Waals surface area (Å²) in [4.78, 5) is 12.4. The van der Waals surface area contributed by atoms with Crippen molar-refractivity contribution < 1.29 is 4.79 Å². The van der Waals surface area contributed by atoms with E-state index < -0.39 is 0 Å². The lowest BCUT2D eigenvalue weighted by atomic mass is 9.87. The van der Waals surface area contributed by atoms with Crippen LogP contribution in [0.25, 0.3) is 0 Å². The number of benzene rings is 1. The van der Waals surface area contributed by atoms with Gasteiger partial charge in [0.05, 0.1) is 6.04 Å². The molecule has 0 bridgehead atoms. The zero-order valence-electron chi connectivity index (χ0n) is 13.3. The van der Waals surface area contributed by atoms with Crippen LogP contribution in [-0.4, -0.2) is 19.0 Å². The highest BCUT2D eigenvalue weighted by atomic mass is 35.5. The fourth-order valence-electron chi connectivity index (χ4n) is 2.70. The number of hydrogen-bond acceptors (Lipinski definition) is 2. The van der Waals surface area contributed by atoms with Crippen molar-refractivity contribution in [3.05, 3.63) is 35.4 Å². The van der Waals surface area contributed by atoms with Crippen LogP contribution < -0.4 is 10.6 Å². The standard InChI is InChI=1S/C17H26N2O.ClH/c1-11(2)16(15-8-6-5-7-12(15)3)19-17(20)13(4)14-9-18-10-14;/h5-8,11,13-14,16,18H,9-10H2,1-4H3,(H,19,20);1H. The third-order valence-corrected chi connectivity index (χ3v) is 4.42. The van der Waals surface area contributed by atoms with Crippen molar-refractivity contribution in [3.8, 4) is 0 Å². The zero-order chi connectivity index (χ0) is 14.7. The molecule has 21 heavy (non-hydrogen) atoms. The Morgan fingerprint density at radius 1 is 1.24 bits per heavy atom. The van der Waals surface area contributed by atoms with E-state index in [1.165, 1.54) is 11.1 Å². The largest absolute Gasteiger partial charge is 0.349 e. The van der Waals surface area contributed by atoms with Crippen LogP contribution in [0.3, 0.4) is 0 Å². The molecule has 1 heterocycles. The van der Waals surface area contributed by atoms with E-state index in [1.54, 1.807) is 0 Å². The van der Waals surface area contributed by atoms with Gasteiger partial charge < -0.3 is 10.6 Å². The second-order valence-corrected chi connectivity index (χ2v) is 6.29. The summed E-state index contributed by atoms with van der Waals surface area (Å²) in [6.07, 6.45) is 0. The second kappa shape index (κ2) is 7.81. The summed E-state index contributed by atoms with van der Waals surface area (Å²) in [6, 6.07) is 8.41. The van der Waals surface area contributed by atoms with Crippen LogP contribution in [0.4, 0.5) is 0 Å². The van der Waals surface area contributed by atoms with Crippen LogP contribution in [0.1, 0.15) is 37.9 Å². The van der Waals surface area contributed by atoms with E-state index in [-0.39, 0.29) is 30.3 Å². The number of hydrogen-bond donors (Lipinski definition) is 2. The maximum Gasteiger partial charge on any atom is 0.223 e. The quantitative estimate of drug-likeness (QED) is 0.877. The molecule has 2 atom stereocenters. The molecule has 0 radical (unpaired) electrons. The van der Waals surface area contributed by atoms with E-state index in [4.69, 9.17) is 0 Å². The van der Waals surface area contributed by atoms with Gasteiger partial charge in [0.2, 0.25) is 5.91 Å². The van der Waals surface area contributed by atoms with E-state index in [1.807, 2.05) is 19.1 Å². The highest BCUT2D eigenvalue weighted by Gasteiger charge is 2.30. The van der Waals surface area contributed by atoms with Gasteiger partial charge in [-0.25, -0.2) is 0 Å². The van der Waals surface area contributed by atoms with E-state index in [2.05, 4.69) is 43.5 Å². The Morgan fingerprint density at radius 3 is 2.33 bits per heavy atom. The first-order chi connectivity index (χ1) is 9.50. The molecule has 3 nitrogen and oxygen atoms in total. The van der Waals surface area contributed by atoms with Crippen LogP contribution in [0, 0.1) is 24.7 Å². The molecule has 4 heteroatoms. The van der Waals surface area contributed by atoms with Gasteiger partial charge in [0.25, 0.3) is 0 Å². The number of carbonyl (C=O) groups is 1. The van der Waals surface area contributed by atoms with Crippen LogP contribution in [-0.2, 0) is 4.79 Å². The lowest BCUT2D eigenvalue weighted by Gasteiger charge is -2.33. The molecule has 2 N–H and O–H groups in total. The molecule has 118 valence electrons. The molecule has 0 saturated carbocycles. The number of amides is 1. The summed E-state index contributed by atoms with van der Waals surface area (Å²) >= 11 is 0.